The second kappa shape index (κ2) is 14.8. The fourth-order valence-electron chi connectivity index (χ4n) is 3.97. The summed E-state index contributed by atoms with van der Waals surface area (Å²) in [6.07, 6.45) is 1.40. The molecule has 0 saturated heterocycles. The van der Waals surface area contributed by atoms with E-state index in [1.54, 1.807) is 0 Å². The molecule has 39 heavy (non-hydrogen) atoms. The lowest BCUT2D eigenvalue weighted by molar-refractivity contribution is -0.159. The highest BCUT2D eigenvalue weighted by Crippen LogP contribution is 2.34. The van der Waals surface area contributed by atoms with Crippen LogP contribution in [0, 0.1) is 0 Å². The molecule has 5 N–H and O–H groups in total. The van der Waals surface area contributed by atoms with Crippen molar-refractivity contribution in [3.63, 3.8) is 0 Å². The average molecular weight is 555 g/mol. The number of aliphatic hydroxyl groups excluding tert-OH is 1. The molecule has 4 rings (SSSR count). The Morgan fingerprint density at radius 2 is 1.49 bits per heavy atom. The Labute approximate surface area is 231 Å². The third kappa shape index (κ3) is 8.75. The number of para-hydroxylation sites is 1. The first kappa shape index (κ1) is 29.5. The van der Waals surface area contributed by atoms with Crippen LogP contribution in [0.1, 0.15) is 24.0 Å². The molecule has 206 valence electrons. The van der Waals surface area contributed by atoms with Gasteiger partial charge in [-0.1, -0.05) is 48.0 Å². The van der Waals surface area contributed by atoms with Gasteiger partial charge >= 0.3 is 11.9 Å². The first-order chi connectivity index (χ1) is 18.8. The van der Waals surface area contributed by atoms with Crippen molar-refractivity contribution >= 4 is 34.4 Å². The Balaban J connectivity index is 0.000000631. The maximum atomic E-state index is 10.4. The maximum Gasteiger partial charge on any atom is 0.414 e. The van der Waals surface area contributed by atoms with Crippen molar-refractivity contribution < 1.29 is 34.4 Å². The van der Waals surface area contributed by atoms with E-state index >= 15 is 0 Å². The number of aromatic amines is 1. The third-order valence-electron chi connectivity index (χ3n) is 5.77. The molecule has 0 aliphatic heterocycles. The maximum absolute atomic E-state index is 10.4. The molecule has 1 heterocycles. The lowest BCUT2D eigenvalue weighted by Crippen LogP contribution is -2.34. The molecule has 0 saturated carbocycles. The topological polar surface area (TPSA) is 141 Å². The zero-order valence-electron chi connectivity index (χ0n) is 21.3. The van der Waals surface area contributed by atoms with Gasteiger partial charge in [0.25, 0.3) is 0 Å². The van der Waals surface area contributed by atoms with E-state index in [2.05, 4.69) is 28.5 Å². The Morgan fingerprint density at radius 3 is 2.13 bits per heavy atom. The third-order valence-corrected chi connectivity index (χ3v) is 6.11. The number of hydrogen-bond donors (Lipinski definition) is 5. The molecular weight excluding hydrogens is 524 g/mol. The van der Waals surface area contributed by atoms with Crippen LogP contribution in [0.2, 0.25) is 5.02 Å². The van der Waals surface area contributed by atoms with Crippen molar-refractivity contribution in [2.24, 2.45) is 0 Å². The number of carboxylic acids is 2. The monoisotopic (exact) mass is 554 g/mol. The van der Waals surface area contributed by atoms with Crippen LogP contribution in [-0.2, 0) is 9.59 Å². The predicted molar refractivity (Wildman–Crippen MR) is 149 cm³/mol. The van der Waals surface area contributed by atoms with E-state index in [1.165, 1.54) is 10.9 Å². The molecule has 0 spiro atoms. The molecule has 3 aromatic carbocycles. The summed E-state index contributed by atoms with van der Waals surface area (Å²) in [5, 5.41) is 30.5. The van der Waals surface area contributed by atoms with E-state index < -0.39 is 18.0 Å². The van der Waals surface area contributed by atoms with Gasteiger partial charge < -0.3 is 35.1 Å². The van der Waals surface area contributed by atoms with E-state index in [4.69, 9.17) is 40.9 Å². The number of halogens is 1. The predicted octanol–water partition coefficient (Wildman–Crippen LogP) is 4.54. The highest BCUT2D eigenvalue weighted by molar-refractivity contribution is 6.31. The highest BCUT2D eigenvalue weighted by Gasteiger charge is 2.20. The fraction of sp³-hybridized carbons (Fsp3) is 0.241. The second-order valence-electron chi connectivity index (χ2n) is 8.50. The number of carbonyl (C=O) groups is 2. The van der Waals surface area contributed by atoms with Crippen molar-refractivity contribution in [3.8, 4) is 11.5 Å². The summed E-state index contributed by atoms with van der Waals surface area (Å²) >= 11 is 6.56. The van der Waals surface area contributed by atoms with Crippen molar-refractivity contribution in [1.82, 2.24) is 10.3 Å². The van der Waals surface area contributed by atoms with Gasteiger partial charge in [0.2, 0.25) is 0 Å². The summed E-state index contributed by atoms with van der Waals surface area (Å²) in [5.41, 5.74) is 3.32. The van der Waals surface area contributed by atoms with E-state index in [9.17, 15) is 5.11 Å². The zero-order valence-corrected chi connectivity index (χ0v) is 22.1. The Kier molecular flexibility index (Phi) is 11.2. The van der Waals surface area contributed by atoms with E-state index in [1.807, 2.05) is 67.7 Å². The van der Waals surface area contributed by atoms with Crippen molar-refractivity contribution in [2.75, 3.05) is 26.3 Å². The van der Waals surface area contributed by atoms with Crippen LogP contribution < -0.4 is 14.8 Å². The summed E-state index contributed by atoms with van der Waals surface area (Å²) in [7, 11) is 0. The first-order valence-corrected chi connectivity index (χ1v) is 12.7. The molecule has 9 nitrogen and oxygen atoms in total. The van der Waals surface area contributed by atoms with Gasteiger partial charge in [-0.05, 0) is 54.4 Å². The molecule has 0 bridgehead atoms. The standard InChI is InChI=1S/C27H29ClN2O3.C2H2O4/c1-2-32-20-11-13-21(14-12-20)33-18-19(31)15-29-16-24(22-7-3-5-9-26(22)28)25-17-30-27-10-6-4-8-23(25)27;3-1(4)2(5)6/h3-14,17,19,24,29-31H,2,15-16,18H2,1H3;(H,3,4)(H,5,6). The molecule has 2 atom stereocenters. The summed E-state index contributed by atoms with van der Waals surface area (Å²) in [5.74, 6) is -2.11. The summed E-state index contributed by atoms with van der Waals surface area (Å²) in [6.45, 7) is 3.80. The molecule has 0 fully saturated rings. The molecule has 10 heteroatoms. The SMILES string of the molecule is CCOc1ccc(OCC(O)CNCC(c2ccccc2Cl)c2c[nH]c3ccccc23)cc1.O=C(O)C(=O)O. The van der Waals surface area contributed by atoms with E-state index in [-0.39, 0.29) is 12.5 Å². The summed E-state index contributed by atoms with van der Waals surface area (Å²) in [4.78, 5) is 21.6. The Hall–Kier alpha value is -4.05. The minimum atomic E-state index is -1.82. The van der Waals surface area contributed by atoms with Crippen LogP contribution in [0.25, 0.3) is 10.9 Å². The summed E-state index contributed by atoms with van der Waals surface area (Å²) in [6, 6.07) is 23.6. The number of hydrogen-bond acceptors (Lipinski definition) is 6. The molecule has 1 aromatic heterocycles. The number of fused-ring (bicyclic) bond motifs is 1. The number of ether oxygens (including phenoxy) is 2. The second-order valence-corrected chi connectivity index (χ2v) is 8.91. The van der Waals surface area contributed by atoms with Crippen LogP contribution in [0.3, 0.4) is 0 Å². The number of aliphatic hydroxyl groups is 1. The molecule has 0 aliphatic carbocycles. The van der Waals surface area contributed by atoms with Crippen LogP contribution in [-0.4, -0.2) is 64.6 Å². The van der Waals surface area contributed by atoms with Crippen LogP contribution in [0.15, 0.2) is 79.0 Å². The van der Waals surface area contributed by atoms with Gasteiger partial charge in [-0.3, -0.25) is 0 Å². The molecule has 0 aliphatic rings. The van der Waals surface area contributed by atoms with Gasteiger partial charge in [0.1, 0.15) is 24.2 Å². The first-order valence-electron chi connectivity index (χ1n) is 12.3. The average Bonchev–Trinajstić information content (AvgIpc) is 3.36. The number of aliphatic carboxylic acids is 2. The van der Waals surface area contributed by atoms with Crippen LogP contribution in [0.4, 0.5) is 0 Å². The van der Waals surface area contributed by atoms with E-state index in [0.29, 0.717) is 25.4 Å². The minimum absolute atomic E-state index is 0.0362. The van der Waals surface area contributed by atoms with Gasteiger partial charge in [0.05, 0.1) is 6.61 Å². The number of aromatic nitrogens is 1. The molecular formula is C29H31ClN2O7. The zero-order chi connectivity index (χ0) is 28.2. The lowest BCUT2D eigenvalue weighted by Gasteiger charge is -2.21. The molecule has 0 radical (unpaired) electrons. The number of rotatable bonds is 11. The summed E-state index contributed by atoms with van der Waals surface area (Å²) < 4.78 is 11.2. The fourth-order valence-corrected chi connectivity index (χ4v) is 4.24. The number of benzene rings is 3. The van der Waals surface area contributed by atoms with Gasteiger partial charge in [-0.2, -0.15) is 0 Å². The Bertz CT molecular complexity index is 1350. The molecule has 4 aromatic rings. The van der Waals surface area contributed by atoms with Gasteiger partial charge in [0, 0.05) is 41.1 Å². The molecule has 2 unspecified atom stereocenters. The molecule has 0 amide bonds. The highest BCUT2D eigenvalue weighted by atomic mass is 35.5. The smallest absolute Gasteiger partial charge is 0.414 e. The van der Waals surface area contributed by atoms with Crippen molar-refractivity contribution in [3.05, 3.63) is 95.1 Å². The van der Waals surface area contributed by atoms with Gasteiger partial charge in [-0.25, -0.2) is 9.59 Å². The van der Waals surface area contributed by atoms with Crippen LogP contribution >= 0.6 is 11.6 Å². The lowest BCUT2D eigenvalue weighted by atomic mass is 9.90. The van der Waals surface area contributed by atoms with E-state index in [0.717, 1.165) is 21.9 Å². The number of H-pyrrole nitrogens is 1. The van der Waals surface area contributed by atoms with Gasteiger partial charge in [-0.15, -0.1) is 0 Å². The number of carboxylic acid groups (broad SMARTS) is 2. The van der Waals surface area contributed by atoms with Crippen LogP contribution in [0.5, 0.6) is 11.5 Å². The van der Waals surface area contributed by atoms with Crippen molar-refractivity contribution in [1.29, 1.82) is 0 Å². The number of nitrogens with one attached hydrogen (secondary N) is 2. The quantitative estimate of drug-likeness (QED) is 0.170. The normalized spacial score (nSPS) is 12.2. The largest absolute Gasteiger partial charge is 0.494 e. The van der Waals surface area contributed by atoms with Gasteiger partial charge in [0.15, 0.2) is 0 Å². The minimum Gasteiger partial charge on any atom is -0.494 e. The van der Waals surface area contributed by atoms with Crippen molar-refractivity contribution in [2.45, 2.75) is 18.9 Å². The Morgan fingerprint density at radius 1 is 0.872 bits per heavy atom.